The summed E-state index contributed by atoms with van der Waals surface area (Å²) in [7, 11) is 17.3. The summed E-state index contributed by atoms with van der Waals surface area (Å²) in [6, 6.07) is 19.9. The molecule has 67 heavy (non-hydrogen) atoms. The predicted molar refractivity (Wildman–Crippen MR) is 256 cm³/mol. The molecule has 2 unspecified atom stereocenters. The summed E-state index contributed by atoms with van der Waals surface area (Å²) < 4.78 is 46.4. The molecule has 0 aliphatic carbocycles. The SMILES string of the molecule is COc1ccc(C[C@@H]2c3cc(OC)c(OC)cc3CC[N@@+]2(C)CCCC(C(=O)O)C(Cl)(CCC[N@+]2(C)CCc3cc(OC)c(OC)cc3[C@H]2Cc2ccc(OC)c(OC)c2)C(=O)O)cc1OC. The number of likely N-dealkylation sites (N-methyl/N-ethyl adjacent to an activating group) is 2. The highest BCUT2D eigenvalue weighted by Gasteiger charge is 2.50. The fourth-order valence-corrected chi connectivity index (χ4v) is 11.0. The van der Waals surface area contributed by atoms with Crippen LogP contribution in [0.4, 0.5) is 0 Å². The third kappa shape index (κ3) is 10.6. The summed E-state index contributed by atoms with van der Waals surface area (Å²) in [6.45, 7) is 2.67. The smallest absolute Gasteiger partial charge is 0.325 e. The van der Waals surface area contributed by atoms with Gasteiger partial charge < -0.3 is 57.1 Å². The van der Waals surface area contributed by atoms with Crippen LogP contribution in [0.2, 0.25) is 0 Å². The van der Waals surface area contributed by atoms with Crippen molar-refractivity contribution >= 4 is 23.5 Å². The Bertz CT molecular complexity index is 2400. The Morgan fingerprint density at radius 3 is 1.33 bits per heavy atom. The maximum absolute atomic E-state index is 13.3. The van der Waals surface area contributed by atoms with Gasteiger partial charge in [-0.15, -0.1) is 11.6 Å². The number of hydrogen-bond donors (Lipinski definition) is 2. The molecule has 0 aromatic heterocycles. The summed E-state index contributed by atoms with van der Waals surface area (Å²) in [5.41, 5.74) is 6.62. The number of halogens is 1. The maximum Gasteiger partial charge on any atom is 0.325 e. The Balaban J connectivity index is 1.24. The van der Waals surface area contributed by atoms with Crippen molar-refractivity contribution in [3.63, 3.8) is 0 Å². The molecule has 0 bridgehead atoms. The number of carboxylic acid groups (broad SMARTS) is 2. The van der Waals surface area contributed by atoms with Crippen LogP contribution in [-0.2, 0) is 35.3 Å². The summed E-state index contributed by atoms with van der Waals surface area (Å²) >= 11 is 7.16. The van der Waals surface area contributed by atoms with Gasteiger partial charge in [-0.1, -0.05) is 12.1 Å². The Morgan fingerprint density at radius 1 is 0.582 bits per heavy atom. The standard InChI is InChI=1S/C52H67ClN2O12/c1-54(23-18-35-29-46(64-7)48(66-9)31-37(35)40(54)25-33-14-16-42(60-3)44(27-33)62-5)21-11-13-39(50(56)57)52(53,51(58)59)20-12-22-55(2)24-19-36-30-47(65-8)49(67-10)32-38(36)41(55)26-34-15-17-43(61-4)45(28-34)63-6/h14-17,27-32,39-41H,11-13,18-26H2,1-10H3/p+2/t39?,40-,41-,52?,54-,55-/m1/s1. The van der Waals surface area contributed by atoms with E-state index in [1.165, 1.54) is 0 Å². The third-order valence-electron chi connectivity index (χ3n) is 14.6. The van der Waals surface area contributed by atoms with Gasteiger partial charge in [-0.05, 0) is 96.5 Å². The number of hydrogen-bond acceptors (Lipinski definition) is 10. The number of benzene rings is 4. The van der Waals surface area contributed by atoms with E-state index in [-0.39, 0.29) is 24.9 Å². The molecule has 15 heteroatoms. The van der Waals surface area contributed by atoms with E-state index < -0.39 is 22.7 Å². The van der Waals surface area contributed by atoms with E-state index in [9.17, 15) is 19.8 Å². The minimum Gasteiger partial charge on any atom is -0.493 e. The van der Waals surface area contributed by atoms with Gasteiger partial charge in [0.15, 0.2) is 50.9 Å². The quantitative estimate of drug-likeness (QED) is 0.0544. The highest BCUT2D eigenvalue weighted by atomic mass is 35.5. The Morgan fingerprint density at radius 2 is 0.955 bits per heavy atom. The highest BCUT2D eigenvalue weighted by molar-refractivity contribution is 6.35. The first-order valence-corrected chi connectivity index (χ1v) is 23.2. The number of quaternary nitrogens is 2. The molecular formula is C52H69ClN2O12+2. The number of carboxylic acids is 2. The molecule has 2 heterocycles. The number of rotatable bonds is 23. The lowest BCUT2D eigenvalue weighted by atomic mass is 9.82. The van der Waals surface area contributed by atoms with Crippen molar-refractivity contribution in [1.29, 1.82) is 0 Å². The number of nitrogens with zero attached hydrogens (tertiary/aromatic N) is 2. The average molecular weight is 950 g/mol. The van der Waals surface area contributed by atoms with E-state index in [4.69, 9.17) is 49.5 Å². The van der Waals surface area contributed by atoms with Crippen LogP contribution in [0.15, 0.2) is 60.7 Å². The lowest BCUT2D eigenvalue weighted by molar-refractivity contribution is -0.941. The normalized spacial score (nSPS) is 21.1. The van der Waals surface area contributed by atoms with Gasteiger partial charge in [-0.2, -0.15) is 0 Å². The third-order valence-corrected chi connectivity index (χ3v) is 15.2. The van der Waals surface area contributed by atoms with E-state index >= 15 is 0 Å². The van der Waals surface area contributed by atoms with E-state index in [2.05, 4.69) is 26.2 Å². The van der Waals surface area contributed by atoms with Gasteiger partial charge in [0.25, 0.3) is 0 Å². The van der Waals surface area contributed by atoms with Crippen LogP contribution in [0.1, 0.15) is 71.1 Å². The van der Waals surface area contributed by atoms with Gasteiger partial charge >= 0.3 is 11.9 Å². The van der Waals surface area contributed by atoms with Crippen LogP contribution in [0.3, 0.4) is 0 Å². The fourth-order valence-electron chi connectivity index (χ4n) is 10.7. The first-order chi connectivity index (χ1) is 32.0. The van der Waals surface area contributed by atoms with Crippen LogP contribution in [0, 0.1) is 5.92 Å². The predicted octanol–water partition coefficient (Wildman–Crippen LogP) is 8.35. The van der Waals surface area contributed by atoms with Gasteiger partial charge in [-0.25, -0.2) is 0 Å². The molecule has 2 N–H and O–H groups in total. The molecule has 4 aromatic rings. The zero-order valence-corrected chi connectivity index (χ0v) is 41.5. The van der Waals surface area contributed by atoms with Crippen molar-refractivity contribution in [2.75, 3.05) is 97.2 Å². The molecule has 0 fully saturated rings. The molecule has 6 atom stereocenters. The summed E-state index contributed by atoms with van der Waals surface area (Å²) in [6.07, 6.45) is 3.67. The van der Waals surface area contributed by atoms with Crippen molar-refractivity contribution in [2.24, 2.45) is 5.92 Å². The highest BCUT2D eigenvalue weighted by Crippen LogP contribution is 2.46. The number of methoxy groups -OCH3 is 8. The molecule has 364 valence electrons. The molecule has 0 amide bonds. The van der Waals surface area contributed by atoms with Crippen molar-refractivity contribution in [1.82, 2.24) is 0 Å². The van der Waals surface area contributed by atoms with Crippen LogP contribution >= 0.6 is 11.6 Å². The molecule has 4 aromatic carbocycles. The molecule has 0 saturated heterocycles. The Kier molecular flexibility index (Phi) is 16.4. The lowest BCUT2D eigenvalue weighted by Crippen LogP contribution is -2.53. The summed E-state index contributed by atoms with van der Waals surface area (Å²) in [5.74, 6) is 1.21. The largest absolute Gasteiger partial charge is 0.493 e. The second-order valence-electron chi connectivity index (χ2n) is 18.3. The molecule has 0 spiro atoms. The molecule has 6 rings (SSSR count). The molecule has 0 saturated carbocycles. The van der Waals surface area contributed by atoms with Gasteiger partial charge in [0.1, 0.15) is 12.1 Å². The zero-order valence-electron chi connectivity index (χ0n) is 40.7. The van der Waals surface area contributed by atoms with Crippen molar-refractivity contribution in [3.8, 4) is 46.0 Å². The zero-order chi connectivity index (χ0) is 48.7. The Hall–Kier alpha value is -5.57. The second kappa shape index (κ2) is 21.6. The number of alkyl halides is 1. The molecular weight excluding hydrogens is 880 g/mol. The van der Waals surface area contributed by atoms with E-state index in [1.54, 1.807) is 56.9 Å². The average Bonchev–Trinajstić information content (AvgIpc) is 3.33. The van der Waals surface area contributed by atoms with Crippen LogP contribution < -0.4 is 37.9 Å². The summed E-state index contributed by atoms with van der Waals surface area (Å²) in [5, 5.41) is 21.6. The first kappa shape index (κ1) is 50.8. The fraction of sp³-hybridized carbons (Fsp3) is 0.500. The maximum atomic E-state index is 13.3. The van der Waals surface area contributed by atoms with E-state index in [0.29, 0.717) is 93.7 Å². The van der Waals surface area contributed by atoms with Gasteiger partial charge in [0, 0.05) is 36.8 Å². The van der Waals surface area contributed by atoms with E-state index in [1.807, 2.05) is 48.5 Å². The Labute approximate surface area is 400 Å². The van der Waals surface area contributed by atoms with Crippen LogP contribution in [0.25, 0.3) is 0 Å². The molecule has 2 aliphatic heterocycles. The van der Waals surface area contributed by atoms with Gasteiger partial charge in [-0.3, -0.25) is 9.59 Å². The number of fused-ring (bicyclic) bond motifs is 2. The van der Waals surface area contributed by atoms with Crippen molar-refractivity contribution in [3.05, 3.63) is 94.0 Å². The first-order valence-electron chi connectivity index (χ1n) is 22.8. The van der Waals surface area contributed by atoms with Gasteiger partial charge in [0.05, 0.1) is 103 Å². The topological polar surface area (TPSA) is 148 Å². The van der Waals surface area contributed by atoms with Crippen LogP contribution in [0.5, 0.6) is 46.0 Å². The molecule has 0 radical (unpaired) electrons. The number of aliphatic carboxylic acids is 2. The second-order valence-corrected chi connectivity index (χ2v) is 19.0. The van der Waals surface area contributed by atoms with Gasteiger partial charge in [0.2, 0.25) is 0 Å². The number of ether oxygens (including phenoxy) is 8. The lowest BCUT2D eigenvalue weighted by Gasteiger charge is -2.47. The van der Waals surface area contributed by atoms with Crippen molar-refractivity contribution in [2.45, 2.75) is 68.3 Å². The van der Waals surface area contributed by atoms with E-state index in [0.717, 1.165) is 59.3 Å². The summed E-state index contributed by atoms with van der Waals surface area (Å²) in [4.78, 5) is 24.5. The minimum atomic E-state index is -2.04. The number of carbonyl (C=O) groups is 2. The van der Waals surface area contributed by atoms with Crippen molar-refractivity contribution < 1.29 is 66.7 Å². The monoisotopic (exact) mass is 948 g/mol. The minimum absolute atomic E-state index is 0.0282. The van der Waals surface area contributed by atoms with Crippen LogP contribution in [-0.4, -0.2) is 133 Å². The molecule has 14 nitrogen and oxygen atoms in total. The molecule has 2 aliphatic rings.